The van der Waals surface area contributed by atoms with Gasteiger partial charge in [-0.1, -0.05) is 70.2 Å². The second kappa shape index (κ2) is 14.2. The Balaban J connectivity index is 0.000000506. The van der Waals surface area contributed by atoms with Gasteiger partial charge in [0.25, 0.3) is 0 Å². The highest BCUT2D eigenvalue weighted by molar-refractivity contribution is 5.87. The van der Waals surface area contributed by atoms with Crippen molar-refractivity contribution in [3.05, 3.63) is 60.7 Å². The zero-order valence-electron chi connectivity index (χ0n) is 14.8. The first-order chi connectivity index (χ1) is 11.5. The fourth-order valence-corrected chi connectivity index (χ4v) is 1.61. The summed E-state index contributed by atoms with van der Waals surface area (Å²) in [5, 5.41) is 0. The molecule has 0 bridgehead atoms. The molecule has 0 N–H and O–H groups in total. The monoisotopic (exact) mass is 332 g/mol. The number of benzene rings is 1. The number of carbonyl (C=O) groups excluding carboxylic acids is 2. The molecule has 0 radical (unpaired) electrons. The molecule has 0 aliphatic heterocycles. The van der Waals surface area contributed by atoms with E-state index in [-0.39, 0.29) is 11.9 Å². The van der Waals surface area contributed by atoms with Crippen LogP contribution in [0.2, 0.25) is 0 Å². The van der Waals surface area contributed by atoms with Crippen LogP contribution in [0.1, 0.15) is 45.1 Å². The molecule has 132 valence electrons. The summed E-state index contributed by atoms with van der Waals surface area (Å²) in [6.07, 6.45) is 4.77. The highest BCUT2D eigenvalue weighted by atomic mass is 16.5. The lowest BCUT2D eigenvalue weighted by Crippen LogP contribution is -2.06. The molecule has 0 atom stereocenters. The van der Waals surface area contributed by atoms with E-state index in [0.717, 1.165) is 24.8 Å². The molecule has 4 nitrogen and oxygen atoms in total. The van der Waals surface area contributed by atoms with E-state index in [2.05, 4.69) is 17.9 Å². The van der Waals surface area contributed by atoms with Crippen LogP contribution in [-0.2, 0) is 25.7 Å². The molecule has 0 saturated heterocycles. The molecule has 0 aliphatic carbocycles. The maximum absolute atomic E-state index is 11.4. The van der Waals surface area contributed by atoms with E-state index in [4.69, 9.17) is 4.74 Å². The molecular weight excluding hydrogens is 304 g/mol. The van der Waals surface area contributed by atoms with Gasteiger partial charge in [0.05, 0.1) is 6.61 Å². The quantitative estimate of drug-likeness (QED) is 0.377. The van der Waals surface area contributed by atoms with E-state index in [9.17, 15) is 9.59 Å². The van der Waals surface area contributed by atoms with E-state index in [0.29, 0.717) is 25.2 Å². The standard InChI is InChI=1S/C13H16O2.C7H12O2/c1-3-7-11(2)13(14)15-10-12-8-5-4-6-9-12;1-3-5-6-9-7(8)4-2/h4-6,8-9H,2-3,7,10H2,1H3;4H,2-3,5-6H2,1H3. The van der Waals surface area contributed by atoms with E-state index in [1.165, 1.54) is 6.08 Å². The van der Waals surface area contributed by atoms with Crippen LogP contribution >= 0.6 is 0 Å². The predicted octanol–water partition coefficient (Wildman–Crippen LogP) is 4.60. The topological polar surface area (TPSA) is 52.6 Å². The van der Waals surface area contributed by atoms with Crippen molar-refractivity contribution in [3.8, 4) is 0 Å². The second-order valence-corrected chi connectivity index (χ2v) is 5.14. The van der Waals surface area contributed by atoms with Crippen LogP contribution in [0.5, 0.6) is 0 Å². The summed E-state index contributed by atoms with van der Waals surface area (Å²) in [6, 6.07) is 9.63. The first-order valence-electron chi connectivity index (χ1n) is 8.23. The van der Waals surface area contributed by atoms with Crippen molar-refractivity contribution in [2.24, 2.45) is 0 Å². The molecule has 0 heterocycles. The van der Waals surface area contributed by atoms with Gasteiger partial charge >= 0.3 is 11.9 Å². The number of hydrogen-bond acceptors (Lipinski definition) is 4. The van der Waals surface area contributed by atoms with E-state index < -0.39 is 0 Å². The summed E-state index contributed by atoms with van der Waals surface area (Å²) in [7, 11) is 0. The molecule has 4 heteroatoms. The fourth-order valence-electron chi connectivity index (χ4n) is 1.61. The lowest BCUT2D eigenvalue weighted by molar-refractivity contribution is -0.140. The Morgan fingerprint density at radius 3 is 2.29 bits per heavy atom. The number of carbonyl (C=O) groups is 2. The molecule has 1 aromatic carbocycles. The van der Waals surface area contributed by atoms with Crippen LogP contribution in [0.25, 0.3) is 0 Å². The lowest BCUT2D eigenvalue weighted by atomic mass is 10.2. The third-order valence-electron chi connectivity index (χ3n) is 2.96. The van der Waals surface area contributed by atoms with Crippen molar-refractivity contribution in [1.29, 1.82) is 0 Å². The Morgan fingerprint density at radius 1 is 1.08 bits per heavy atom. The Morgan fingerprint density at radius 2 is 1.75 bits per heavy atom. The summed E-state index contributed by atoms with van der Waals surface area (Å²) in [5.74, 6) is -0.621. The summed E-state index contributed by atoms with van der Waals surface area (Å²) < 4.78 is 9.78. The maximum atomic E-state index is 11.4. The van der Waals surface area contributed by atoms with Crippen molar-refractivity contribution < 1.29 is 19.1 Å². The minimum Gasteiger partial charge on any atom is -0.463 e. The summed E-state index contributed by atoms with van der Waals surface area (Å²) in [6.45, 7) is 11.8. The third kappa shape index (κ3) is 11.2. The average Bonchev–Trinajstić information content (AvgIpc) is 2.61. The molecule has 0 aliphatic rings. The fraction of sp³-hybridized carbons (Fsp3) is 0.400. The molecule has 1 rings (SSSR count). The molecule has 0 saturated carbocycles. The van der Waals surface area contributed by atoms with Crippen molar-refractivity contribution in [2.75, 3.05) is 6.61 Å². The van der Waals surface area contributed by atoms with Crippen molar-refractivity contribution >= 4 is 11.9 Å². The van der Waals surface area contributed by atoms with Gasteiger partial charge < -0.3 is 9.47 Å². The van der Waals surface area contributed by atoms with E-state index >= 15 is 0 Å². The molecular formula is C20H28O4. The lowest BCUT2D eigenvalue weighted by Gasteiger charge is -2.05. The van der Waals surface area contributed by atoms with Crippen LogP contribution in [-0.4, -0.2) is 18.5 Å². The van der Waals surface area contributed by atoms with Gasteiger partial charge in [0.1, 0.15) is 6.61 Å². The molecule has 0 fully saturated rings. The molecule has 0 amide bonds. The first kappa shape index (κ1) is 21.6. The van der Waals surface area contributed by atoms with Crippen LogP contribution in [0.15, 0.2) is 55.1 Å². The minimum atomic E-state index is -0.330. The summed E-state index contributed by atoms with van der Waals surface area (Å²) >= 11 is 0. The number of hydrogen-bond donors (Lipinski definition) is 0. The van der Waals surface area contributed by atoms with Crippen molar-refractivity contribution in [3.63, 3.8) is 0 Å². The highest BCUT2D eigenvalue weighted by Crippen LogP contribution is 2.07. The van der Waals surface area contributed by atoms with Crippen LogP contribution in [0.4, 0.5) is 0 Å². The van der Waals surface area contributed by atoms with Gasteiger partial charge in [-0.15, -0.1) is 0 Å². The van der Waals surface area contributed by atoms with E-state index in [1.807, 2.05) is 44.2 Å². The number of esters is 2. The van der Waals surface area contributed by atoms with Gasteiger partial charge in [0, 0.05) is 11.6 Å². The Labute approximate surface area is 145 Å². The maximum Gasteiger partial charge on any atom is 0.333 e. The Kier molecular flexibility index (Phi) is 12.8. The van der Waals surface area contributed by atoms with Gasteiger partial charge in [-0.25, -0.2) is 9.59 Å². The number of unbranched alkanes of at least 4 members (excludes halogenated alkanes) is 1. The van der Waals surface area contributed by atoms with Gasteiger partial charge in [-0.2, -0.15) is 0 Å². The zero-order chi connectivity index (χ0) is 18.2. The number of rotatable bonds is 9. The minimum absolute atomic E-state index is 0.291. The van der Waals surface area contributed by atoms with Crippen LogP contribution < -0.4 is 0 Å². The second-order valence-electron chi connectivity index (χ2n) is 5.14. The highest BCUT2D eigenvalue weighted by Gasteiger charge is 2.06. The van der Waals surface area contributed by atoms with Gasteiger partial charge in [-0.05, 0) is 18.4 Å². The summed E-state index contributed by atoms with van der Waals surface area (Å²) in [4.78, 5) is 21.7. The molecule has 0 spiro atoms. The van der Waals surface area contributed by atoms with E-state index in [1.54, 1.807) is 0 Å². The smallest absolute Gasteiger partial charge is 0.333 e. The molecule has 24 heavy (non-hydrogen) atoms. The average molecular weight is 332 g/mol. The number of ether oxygens (including phenoxy) is 2. The Bertz CT molecular complexity index is 506. The van der Waals surface area contributed by atoms with Crippen molar-refractivity contribution in [1.82, 2.24) is 0 Å². The molecule has 0 aromatic heterocycles. The van der Waals surface area contributed by atoms with Gasteiger partial charge in [0.15, 0.2) is 0 Å². The van der Waals surface area contributed by atoms with Gasteiger partial charge in [0.2, 0.25) is 0 Å². The third-order valence-corrected chi connectivity index (χ3v) is 2.96. The molecule has 1 aromatic rings. The zero-order valence-corrected chi connectivity index (χ0v) is 14.8. The SMILES string of the molecule is C=C(CCC)C(=O)OCc1ccccc1.C=CC(=O)OCCCC. The van der Waals surface area contributed by atoms with Crippen molar-refractivity contribution in [2.45, 2.75) is 46.1 Å². The predicted molar refractivity (Wildman–Crippen MR) is 96.4 cm³/mol. The largest absolute Gasteiger partial charge is 0.463 e. The summed E-state index contributed by atoms with van der Waals surface area (Å²) in [5.41, 5.74) is 1.54. The van der Waals surface area contributed by atoms with Crippen LogP contribution in [0.3, 0.4) is 0 Å². The first-order valence-corrected chi connectivity index (χ1v) is 8.23. The van der Waals surface area contributed by atoms with Gasteiger partial charge in [-0.3, -0.25) is 0 Å². The molecule has 0 unspecified atom stereocenters. The normalized spacial score (nSPS) is 9.25. The Hall–Kier alpha value is -2.36. The van der Waals surface area contributed by atoms with Crippen LogP contribution in [0, 0.1) is 0 Å².